The minimum Gasteiger partial charge on any atom is -0.548 e. The molecule has 26 heavy (non-hydrogen) atoms. The van der Waals surface area contributed by atoms with E-state index in [9.17, 15) is 19.5 Å². The molecule has 2 heterocycles. The van der Waals surface area contributed by atoms with Crippen molar-refractivity contribution in [2.45, 2.75) is 40.2 Å². The van der Waals surface area contributed by atoms with Crippen LogP contribution in [0.4, 0.5) is 0 Å². The first kappa shape index (κ1) is 17.7. The fraction of sp³-hybridized carbons (Fsp3) is 0.316. The van der Waals surface area contributed by atoms with E-state index >= 15 is 0 Å². The first-order chi connectivity index (χ1) is 12.2. The van der Waals surface area contributed by atoms with E-state index in [0.717, 1.165) is 16.7 Å². The lowest BCUT2D eigenvalue weighted by atomic mass is 10.0. The van der Waals surface area contributed by atoms with Crippen molar-refractivity contribution in [3.63, 3.8) is 0 Å². The standard InChI is InChI=1S/C19H19NO6/c1-8-11(4)25-15-7-16-13(5-12(8)15)9(2)14(19(24)26-16)6-17(21)20-10(3)18(22)23/h5,7,10H,6H2,1-4H3,(H,20,21)(H,22,23)/p-1/t10-/m1/s1. The third-order valence-corrected chi connectivity index (χ3v) is 4.65. The fourth-order valence-corrected chi connectivity index (χ4v) is 2.94. The maximum Gasteiger partial charge on any atom is 0.340 e. The van der Waals surface area contributed by atoms with Gasteiger partial charge in [0, 0.05) is 16.8 Å². The first-order valence-electron chi connectivity index (χ1n) is 8.15. The van der Waals surface area contributed by atoms with E-state index < -0.39 is 23.5 Å². The van der Waals surface area contributed by atoms with Crippen LogP contribution in [0, 0.1) is 20.8 Å². The van der Waals surface area contributed by atoms with Gasteiger partial charge in [0.15, 0.2) is 0 Å². The summed E-state index contributed by atoms with van der Waals surface area (Å²) >= 11 is 0. The van der Waals surface area contributed by atoms with Gasteiger partial charge in [0.25, 0.3) is 0 Å². The predicted molar refractivity (Wildman–Crippen MR) is 92.8 cm³/mol. The summed E-state index contributed by atoms with van der Waals surface area (Å²) in [5.74, 6) is -1.20. The predicted octanol–water partition coefficient (Wildman–Crippen LogP) is 1.26. The molecule has 1 atom stereocenters. The van der Waals surface area contributed by atoms with E-state index in [1.807, 2.05) is 19.9 Å². The minimum atomic E-state index is -1.39. The lowest BCUT2D eigenvalue weighted by molar-refractivity contribution is -0.307. The van der Waals surface area contributed by atoms with Crippen LogP contribution in [0.15, 0.2) is 25.8 Å². The zero-order valence-electron chi connectivity index (χ0n) is 14.9. The zero-order valence-corrected chi connectivity index (χ0v) is 14.9. The molecule has 7 nitrogen and oxygen atoms in total. The van der Waals surface area contributed by atoms with E-state index in [0.29, 0.717) is 22.1 Å². The molecule has 1 aromatic carbocycles. The van der Waals surface area contributed by atoms with E-state index in [2.05, 4.69) is 5.32 Å². The average Bonchev–Trinajstić information content (AvgIpc) is 2.84. The number of carbonyl (C=O) groups is 2. The van der Waals surface area contributed by atoms with Gasteiger partial charge in [0.1, 0.15) is 16.9 Å². The second-order valence-electron chi connectivity index (χ2n) is 6.41. The van der Waals surface area contributed by atoms with Crippen molar-refractivity contribution in [2.24, 2.45) is 0 Å². The average molecular weight is 356 g/mol. The summed E-state index contributed by atoms with van der Waals surface area (Å²) in [7, 11) is 0. The fourth-order valence-electron chi connectivity index (χ4n) is 2.94. The van der Waals surface area contributed by atoms with E-state index in [1.54, 1.807) is 13.0 Å². The van der Waals surface area contributed by atoms with Gasteiger partial charge in [-0.25, -0.2) is 4.79 Å². The number of benzene rings is 1. The number of rotatable bonds is 4. The highest BCUT2D eigenvalue weighted by Crippen LogP contribution is 2.30. The molecule has 3 aromatic rings. The van der Waals surface area contributed by atoms with Crippen LogP contribution in [-0.2, 0) is 16.0 Å². The highest BCUT2D eigenvalue weighted by atomic mass is 16.4. The number of carboxylic acids is 1. The molecule has 0 saturated heterocycles. The Hall–Kier alpha value is -3.09. The van der Waals surface area contributed by atoms with Crippen molar-refractivity contribution >= 4 is 33.8 Å². The molecule has 7 heteroatoms. The van der Waals surface area contributed by atoms with Crippen molar-refractivity contribution in [2.75, 3.05) is 0 Å². The van der Waals surface area contributed by atoms with Crippen LogP contribution in [-0.4, -0.2) is 17.9 Å². The number of hydrogen-bond acceptors (Lipinski definition) is 6. The summed E-state index contributed by atoms with van der Waals surface area (Å²) in [6.07, 6.45) is -0.275. The molecule has 0 unspecified atom stereocenters. The van der Waals surface area contributed by atoms with Gasteiger partial charge in [-0.15, -0.1) is 0 Å². The van der Waals surface area contributed by atoms with Crippen LogP contribution in [0.5, 0.6) is 0 Å². The number of furan rings is 1. The molecule has 0 bridgehead atoms. The van der Waals surface area contributed by atoms with Gasteiger partial charge >= 0.3 is 5.63 Å². The van der Waals surface area contributed by atoms with E-state index in [1.165, 1.54) is 6.92 Å². The number of aryl methyl sites for hydroxylation is 3. The molecule has 0 aliphatic rings. The Balaban J connectivity index is 2.07. The van der Waals surface area contributed by atoms with Gasteiger partial charge in [0.2, 0.25) is 5.91 Å². The maximum absolute atomic E-state index is 12.3. The Morgan fingerprint density at radius 3 is 2.35 bits per heavy atom. The smallest absolute Gasteiger partial charge is 0.340 e. The Morgan fingerprint density at radius 1 is 1.08 bits per heavy atom. The number of carboxylic acid groups (broad SMARTS) is 1. The van der Waals surface area contributed by atoms with Crippen molar-refractivity contribution in [3.8, 4) is 0 Å². The SMILES string of the molecule is Cc1oc2cc3oc(=O)c(CC(=O)N[C@H](C)C(=O)[O-])c(C)c3cc2c1C. The third kappa shape index (κ3) is 2.96. The van der Waals surface area contributed by atoms with Crippen molar-refractivity contribution in [1.82, 2.24) is 5.32 Å². The van der Waals surface area contributed by atoms with E-state index in [4.69, 9.17) is 8.83 Å². The summed E-state index contributed by atoms with van der Waals surface area (Å²) < 4.78 is 11.0. The Bertz CT molecular complexity index is 1100. The summed E-state index contributed by atoms with van der Waals surface area (Å²) in [6, 6.07) is 2.40. The first-order valence-corrected chi connectivity index (χ1v) is 8.15. The lowest BCUT2D eigenvalue weighted by Gasteiger charge is -2.15. The van der Waals surface area contributed by atoms with Crippen LogP contribution in [0.25, 0.3) is 21.9 Å². The van der Waals surface area contributed by atoms with Crippen molar-refractivity contribution < 1.29 is 23.5 Å². The third-order valence-electron chi connectivity index (χ3n) is 4.65. The maximum atomic E-state index is 12.3. The number of fused-ring (bicyclic) bond motifs is 2. The monoisotopic (exact) mass is 356 g/mol. The molecule has 0 aliphatic heterocycles. The molecule has 136 valence electrons. The lowest BCUT2D eigenvalue weighted by Crippen LogP contribution is -2.46. The highest BCUT2D eigenvalue weighted by Gasteiger charge is 2.18. The van der Waals surface area contributed by atoms with Gasteiger partial charge in [-0.1, -0.05) is 0 Å². The van der Waals surface area contributed by atoms with Crippen LogP contribution in [0.2, 0.25) is 0 Å². The van der Waals surface area contributed by atoms with Crippen LogP contribution < -0.4 is 16.0 Å². The largest absolute Gasteiger partial charge is 0.548 e. The van der Waals surface area contributed by atoms with Gasteiger partial charge in [0.05, 0.1) is 24.0 Å². The Kier molecular flexibility index (Phi) is 4.31. The summed E-state index contributed by atoms with van der Waals surface area (Å²) in [4.78, 5) is 35.1. The summed E-state index contributed by atoms with van der Waals surface area (Å²) in [6.45, 7) is 6.83. The number of nitrogens with one attached hydrogen (secondary N) is 1. The molecular weight excluding hydrogens is 338 g/mol. The van der Waals surface area contributed by atoms with Crippen LogP contribution in [0.1, 0.15) is 29.4 Å². The molecular formula is C19H18NO6-. The quantitative estimate of drug-likeness (QED) is 0.704. The summed E-state index contributed by atoms with van der Waals surface area (Å²) in [5, 5.41) is 14.6. The van der Waals surface area contributed by atoms with Crippen LogP contribution >= 0.6 is 0 Å². The molecule has 0 fully saturated rings. The van der Waals surface area contributed by atoms with Gasteiger partial charge in [-0.3, -0.25) is 4.79 Å². The van der Waals surface area contributed by atoms with E-state index in [-0.39, 0.29) is 12.0 Å². The summed E-state index contributed by atoms with van der Waals surface area (Å²) in [5.41, 5.74) is 2.18. The van der Waals surface area contributed by atoms with Gasteiger partial charge in [-0.05, 0) is 44.9 Å². The van der Waals surface area contributed by atoms with Crippen molar-refractivity contribution in [3.05, 3.63) is 45.0 Å². The van der Waals surface area contributed by atoms with Gasteiger partial charge in [-0.2, -0.15) is 0 Å². The second kappa shape index (κ2) is 6.33. The molecule has 1 amide bonds. The molecule has 0 saturated carbocycles. The van der Waals surface area contributed by atoms with Crippen molar-refractivity contribution in [1.29, 1.82) is 0 Å². The second-order valence-corrected chi connectivity index (χ2v) is 6.41. The number of aliphatic carboxylic acids is 1. The van der Waals surface area contributed by atoms with Crippen LogP contribution in [0.3, 0.4) is 0 Å². The Labute approximate surface area is 148 Å². The minimum absolute atomic E-state index is 0.192. The molecule has 0 aliphatic carbocycles. The number of amides is 1. The molecule has 2 aromatic heterocycles. The number of carbonyl (C=O) groups excluding carboxylic acids is 2. The Morgan fingerprint density at radius 2 is 1.69 bits per heavy atom. The van der Waals surface area contributed by atoms with Gasteiger partial charge < -0.3 is 24.1 Å². The molecule has 0 spiro atoms. The molecule has 1 N–H and O–H groups in total. The normalized spacial score (nSPS) is 12.5. The molecule has 0 radical (unpaired) electrons. The highest BCUT2D eigenvalue weighted by molar-refractivity contribution is 5.97. The number of hydrogen-bond donors (Lipinski definition) is 1. The topological polar surface area (TPSA) is 113 Å². The zero-order chi connectivity index (χ0) is 19.2. The molecule has 3 rings (SSSR count).